The third-order valence-electron chi connectivity index (χ3n) is 3.12. The predicted molar refractivity (Wildman–Crippen MR) is 83.5 cm³/mol. The van der Waals surface area contributed by atoms with Gasteiger partial charge in [-0.25, -0.2) is 9.78 Å². The van der Waals surface area contributed by atoms with Crippen LogP contribution in [-0.4, -0.2) is 34.3 Å². The molecule has 0 aliphatic rings. The van der Waals surface area contributed by atoms with Gasteiger partial charge in [0.25, 0.3) is 0 Å². The summed E-state index contributed by atoms with van der Waals surface area (Å²) in [5.74, 6) is 0.0502. The van der Waals surface area contributed by atoms with Crippen LogP contribution in [0.5, 0.6) is 5.75 Å². The summed E-state index contributed by atoms with van der Waals surface area (Å²) >= 11 is 1.27. The van der Waals surface area contributed by atoms with Gasteiger partial charge in [-0.2, -0.15) is 14.9 Å². The monoisotopic (exact) mass is 328 g/mol. The zero-order chi connectivity index (χ0) is 16.4. The van der Waals surface area contributed by atoms with E-state index in [1.165, 1.54) is 15.9 Å². The van der Waals surface area contributed by atoms with Gasteiger partial charge in [0.05, 0.1) is 19.3 Å². The van der Waals surface area contributed by atoms with Crippen molar-refractivity contribution in [3.8, 4) is 22.4 Å². The van der Waals surface area contributed by atoms with Crippen molar-refractivity contribution >= 4 is 22.3 Å². The lowest BCUT2D eigenvalue weighted by Gasteiger charge is -2.04. The first-order chi connectivity index (χ1) is 11.2. The lowest BCUT2D eigenvalue weighted by molar-refractivity contribution is 0.0520. The molecule has 2 heterocycles. The van der Waals surface area contributed by atoms with Crippen LogP contribution in [0.2, 0.25) is 0 Å². The van der Waals surface area contributed by atoms with Crippen LogP contribution in [-0.2, 0) is 4.74 Å². The van der Waals surface area contributed by atoms with Gasteiger partial charge in [0.2, 0.25) is 4.96 Å². The molecule has 0 fully saturated rings. The van der Waals surface area contributed by atoms with Gasteiger partial charge < -0.3 is 9.47 Å². The Morgan fingerprint density at radius 2 is 2.22 bits per heavy atom. The largest absolute Gasteiger partial charge is 0.496 e. The number of hydrogen-bond donors (Lipinski definition) is 0. The van der Waals surface area contributed by atoms with Gasteiger partial charge in [0.1, 0.15) is 11.8 Å². The number of para-hydroxylation sites is 1. The number of carbonyl (C=O) groups excluding carboxylic acids is 1. The molecule has 0 saturated carbocycles. The van der Waals surface area contributed by atoms with E-state index in [2.05, 4.69) is 10.1 Å². The van der Waals surface area contributed by atoms with Crippen molar-refractivity contribution < 1.29 is 14.3 Å². The van der Waals surface area contributed by atoms with E-state index in [-0.39, 0.29) is 18.0 Å². The van der Waals surface area contributed by atoms with Crippen LogP contribution in [0.3, 0.4) is 0 Å². The van der Waals surface area contributed by atoms with E-state index in [1.54, 1.807) is 14.0 Å². The number of methoxy groups -OCH3 is 1. The minimum Gasteiger partial charge on any atom is -0.496 e. The summed E-state index contributed by atoms with van der Waals surface area (Å²) in [5, 5.41) is 14.4. The number of imidazole rings is 1. The molecule has 0 saturated heterocycles. The molecule has 8 heteroatoms. The second-order valence-electron chi connectivity index (χ2n) is 4.44. The molecule has 0 spiro atoms. The zero-order valence-electron chi connectivity index (χ0n) is 12.4. The van der Waals surface area contributed by atoms with Gasteiger partial charge in [-0.3, -0.25) is 0 Å². The lowest BCUT2D eigenvalue weighted by atomic mass is 10.2. The van der Waals surface area contributed by atoms with Gasteiger partial charge in [-0.05, 0) is 19.1 Å². The number of nitrogens with zero attached hydrogens (tertiary/aromatic N) is 4. The zero-order valence-corrected chi connectivity index (χ0v) is 13.3. The molecule has 116 valence electrons. The molecule has 0 radical (unpaired) electrons. The molecule has 2 aromatic heterocycles. The Morgan fingerprint density at radius 3 is 2.91 bits per heavy atom. The van der Waals surface area contributed by atoms with Crippen molar-refractivity contribution in [1.29, 1.82) is 5.26 Å². The summed E-state index contributed by atoms with van der Waals surface area (Å²) in [6.07, 6.45) is 0. The number of ether oxygens (including phenoxy) is 2. The van der Waals surface area contributed by atoms with E-state index in [0.717, 1.165) is 5.56 Å². The topological polar surface area (TPSA) is 89.5 Å². The molecule has 1 aromatic carbocycles. The number of aromatic nitrogens is 3. The minimum atomic E-state index is -0.624. The van der Waals surface area contributed by atoms with E-state index < -0.39 is 5.97 Å². The van der Waals surface area contributed by atoms with Crippen LogP contribution in [0.4, 0.5) is 0 Å². The quantitative estimate of drug-likeness (QED) is 0.684. The van der Waals surface area contributed by atoms with Crippen LogP contribution in [0.25, 0.3) is 15.5 Å². The minimum absolute atomic E-state index is 0.0142. The first-order valence-electron chi connectivity index (χ1n) is 6.79. The number of fused-ring (bicyclic) bond motifs is 1. The second kappa shape index (κ2) is 6.06. The summed E-state index contributed by atoms with van der Waals surface area (Å²) in [7, 11) is 1.58. The average Bonchev–Trinajstić information content (AvgIpc) is 3.12. The van der Waals surface area contributed by atoms with E-state index >= 15 is 0 Å². The van der Waals surface area contributed by atoms with Gasteiger partial charge in [0.15, 0.2) is 16.4 Å². The molecule has 0 bridgehead atoms. The molecule has 0 atom stereocenters. The normalized spacial score (nSPS) is 10.5. The maximum absolute atomic E-state index is 11.9. The highest BCUT2D eigenvalue weighted by Crippen LogP contribution is 2.33. The summed E-state index contributed by atoms with van der Waals surface area (Å²) in [4.78, 5) is 16.5. The van der Waals surface area contributed by atoms with Crippen LogP contribution in [0.15, 0.2) is 24.3 Å². The third kappa shape index (κ3) is 2.51. The maximum atomic E-state index is 11.9. The van der Waals surface area contributed by atoms with Gasteiger partial charge >= 0.3 is 5.97 Å². The molecule has 0 amide bonds. The Kier molecular flexibility index (Phi) is 3.95. The standard InChI is InChI=1S/C15H12N4O3S/c1-3-22-14(20)12-10(8-16)19-15(17-12)23-13(18-19)9-6-4-5-7-11(9)21-2/h4-7H,3H2,1-2H3. The molecule has 7 nitrogen and oxygen atoms in total. The molecule has 0 N–H and O–H groups in total. The Morgan fingerprint density at radius 1 is 1.43 bits per heavy atom. The number of rotatable bonds is 4. The Hall–Kier alpha value is -2.92. The van der Waals surface area contributed by atoms with Gasteiger partial charge in [-0.1, -0.05) is 23.5 Å². The number of hydrogen-bond acceptors (Lipinski definition) is 7. The number of esters is 1. The van der Waals surface area contributed by atoms with Crippen molar-refractivity contribution in [3.63, 3.8) is 0 Å². The fraction of sp³-hybridized carbons (Fsp3) is 0.200. The summed E-state index contributed by atoms with van der Waals surface area (Å²) in [5.41, 5.74) is 0.850. The molecular weight excluding hydrogens is 316 g/mol. The molecule has 3 rings (SSSR count). The summed E-state index contributed by atoms with van der Waals surface area (Å²) in [6.45, 7) is 1.91. The van der Waals surface area contributed by atoms with E-state index in [0.29, 0.717) is 15.7 Å². The third-order valence-corrected chi connectivity index (χ3v) is 4.06. The van der Waals surface area contributed by atoms with Gasteiger partial charge in [-0.15, -0.1) is 0 Å². The highest BCUT2D eigenvalue weighted by atomic mass is 32.1. The molecule has 0 aliphatic carbocycles. The first-order valence-corrected chi connectivity index (χ1v) is 7.61. The highest BCUT2D eigenvalue weighted by Gasteiger charge is 2.23. The molecule has 0 aliphatic heterocycles. The van der Waals surface area contributed by atoms with Crippen LogP contribution in [0, 0.1) is 11.3 Å². The smallest absolute Gasteiger partial charge is 0.360 e. The Bertz CT molecular complexity index is 923. The Balaban J connectivity index is 2.13. The lowest BCUT2D eigenvalue weighted by Crippen LogP contribution is -2.07. The summed E-state index contributed by atoms with van der Waals surface area (Å²) in [6, 6.07) is 9.40. The molecule has 3 aromatic rings. The van der Waals surface area contributed by atoms with Crippen LogP contribution < -0.4 is 4.74 Å². The summed E-state index contributed by atoms with van der Waals surface area (Å²) < 4.78 is 11.6. The van der Waals surface area contributed by atoms with Crippen molar-refractivity contribution in [2.75, 3.05) is 13.7 Å². The predicted octanol–water partition coefficient (Wildman–Crippen LogP) is 2.51. The fourth-order valence-electron chi connectivity index (χ4n) is 2.12. The fourth-order valence-corrected chi connectivity index (χ4v) is 3.05. The van der Waals surface area contributed by atoms with Gasteiger partial charge in [0, 0.05) is 0 Å². The van der Waals surface area contributed by atoms with Crippen LogP contribution >= 0.6 is 11.3 Å². The van der Waals surface area contributed by atoms with Crippen molar-refractivity contribution in [2.45, 2.75) is 6.92 Å². The molecule has 23 heavy (non-hydrogen) atoms. The number of benzene rings is 1. The maximum Gasteiger partial charge on any atom is 0.360 e. The SMILES string of the molecule is CCOC(=O)c1nc2sc(-c3ccccc3OC)nn2c1C#N. The molecule has 0 unspecified atom stereocenters. The highest BCUT2D eigenvalue weighted by molar-refractivity contribution is 7.19. The van der Waals surface area contributed by atoms with Crippen molar-refractivity contribution in [1.82, 2.24) is 14.6 Å². The van der Waals surface area contributed by atoms with Crippen molar-refractivity contribution in [2.24, 2.45) is 0 Å². The Labute approximate surface area is 135 Å². The number of carbonyl (C=O) groups is 1. The first kappa shape index (κ1) is 15.0. The van der Waals surface area contributed by atoms with Crippen molar-refractivity contribution in [3.05, 3.63) is 35.7 Å². The average molecular weight is 328 g/mol. The molecular formula is C15H12N4O3S. The second-order valence-corrected chi connectivity index (χ2v) is 5.40. The number of nitriles is 1. The van der Waals surface area contributed by atoms with E-state index in [1.807, 2.05) is 30.3 Å². The van der Waals surface area contributed by atoms with E-state index in [4.69, 9.17) is 9.47 Å². The van der Waals surface area contributed by atoms with Crippen LogP contribution in [0.1, 0.15) is 23.1 Å². The van der Waals surface area contributed by atoms with E-state index in [9.17, 15) is 10.1 Å².